The number of aliphatic hydroxyl groups is 1. The largest absolute Gasteiger partial charge is 0.390 e. The van der Waals surface area contributed by atoms with E-state index in [0.717, 1.165) is 49.9 Å². The molecule has 2 heterocycles. The quantitative estimate of drug-likeness (QED) is 0.844. The lowest BCUT2D eigenvalue weighted by Crippen LogP contribution is -2.50. The molecule has 21 heavy (non-hydrogen) atoms. The molecule has 4 unspecified atom stereocenters. The predicted molar refractivity (Wildman–Crippen MR) is 89.7 cm³/mol. The van der Waals surface area contributed by atoms with Crippen LogP contribution in [0, 0.1) is 17.8 Å². The van der Waals surface area contributed by atoms with Crippen molar-refractivity contribution in [1.29, 1.82) is 0 Å². The van der Waals surface area contributed by atoms with Crippen LogP contribution >= 0.6 is 11.8 Å². The van der Waals surface area contributed by atoms with Gasteiger partial charge in [0.2, 0.25) is 0 Å². The highest BCUT2D eigenvalue weighted by Crippen LogP contribution is 2.48. The fraction of sp³-hybridized carbons (Fsp3) is 1.00. The van der Waals surface area contributed by atoms with Gasteiger partial charge >= 0.3 is 0 Å². The molecule has 1 N–H and O–H groups in total. The van der Waals surface area contributed by atoms with Crippen molar-refractivity contribution in [3.8, 4) is 0 Å². The third-order valence-corrected chi connectivity index (χ3v) is 7.21. The topological polar surface area (TPSA) is 29.5 Å². The van der Waals surface area contributed by atoms with E-state index in [1.165, 1.54) is 31.4 Å². The Morgan fingerprint density at radius 1 is 1.24 bits per heavy atom. The van der Waals surface area contributed by atoms with Crippen LogP contribution in [-0.4, -0.2) is 34.4 Å². The molecule has 2 aliphatic heterocycles. The maximum atomic E-state index is 11.4. The molecule has 3 aliphatic rings. The molecule has 3 heteroatoms. The van der Waals surface area contributed by atoms with Crippen molar-refractivity contribution in [3.05, 3.63) is 0 Å². The standard InChI is InChI=1S/C18H32O2S/c1-14(2)10-15-4-3-6-18(19,11-15)16-5-8-20-17(12-16)7-9-21-13-17/h14-16,19H,3-13H2,1-2H3. The summed E-state index contributed by atoms with van der Waals surface area (Å²) in [4.78, 5) is 0. The van der Waals surface area contributed by atoms with Gasteiger partial charge < -0.3 is 9.84 Å². The monoisotopic (exact) mass is 312 g/mol. The average molecular weight is 313 g/mol. The summed E-state index contributed by atoms with van der Waals surface area (Å²) in [6, 6.07) is 0. The zero-order valence-electron chi connectivity index (χ0n) is 13.8. The van der Waals surface area contributed by atoms with Crippen molar-refractivity contribution in [3.63, 3.8) is 0 Å². The van der Waals surface area contributed by atoms with E-state index in [1.807, 2.05) is 11.8 Å². The van der Waals surface area contributed by atoms with Crippen molar-refractivity contribution < 1.29 is 9.84 Å². The Morgan fingerprint density at radius 3 is 2.81 bits per heavy atom. The molecule has 4 atom stereocenters. The zero-order valence-corrected chi connectivity index (χ0v) is 14.6. The second-order valence-electron chi connectivity index (χ2n) is 8.22. The number of hydrogen-bond acceptors (Lipinski definition) is 3. The van der Waals surface area contributed by atoms with Crippen molar-refractivity contribution in [1.82, 2.24) is 0 Å². The summed E-state index contributed by atoms with van der Waals surface area (Å²) in [6.07, 6.45) is 9.25. The van der Waals surface area contributed by atoms with Crippen LogP contribution in [0.25, 0.3) is 0 Å². The second-order valence-corrected chi connectivity index (χ2v) is 9.32. The van der Waals surface area contributed by atoms with E-state index in [-0.39, 0.29) is 5.60 Å². The van der Waals surface area contributed by atoms with Crippen LogP contribution in [0.15, 0.2) is 0 Å². The summed E-state index contributed by atoms with van der Waals surface area (Å²) in [6.45, 7) is 5.49. The van der Waals surface area contributed by atoms with Crippen LogP contribution in [0.3, 0.4) is 0 Å². The van der Waals surface area contributed by atoms with Crippen LogP contribution in [0.2, 0.25) is 0 Å². The molecular weight excluding hydrogens is 280 g/mol. The van der Waals surface area contributed by atoms with Gasteiger partial charge in [-0.15, -0.1) is 0 Å². The molecule has 0 aromatic carbocycles. The minimum atomic E-state index is -0.401. The van der Waals surface area contributed by atoms with Gasteiger partial charge in [-0.2, -0.15) is 11.8 Å². The molecule has 0 aromatic heterocycles. The minimum absolute atomic E-state index is 0.105. The van der Waals surface area contributed by atoms with Crippen molar-refractivity contribution in [2.45, 2.75) is 76.4 Å². The fourth-order valence-electron chi connectivity index (χ4n) is 4.99. The summed E-state index contributed by atoms with van der Waals surface area (Å²) in [5.74, 6) is 4.35. The van der Waals surface area contributed by atoms with Crippen LogP contribution in [0.5, 0.6) is 0 Å². The van der Waals surface area contributed by atoms with Gasteiger partial charge in [0.05, 0.1) is 11.2 Å². The highest BCUT2D eigenvalue weighted by Gasteiger charge is 2.48. The highest BCUT2D eigenvalue weighted by atomic mass is 32.2. The molecule has 0 radical (unpaired) electrons. The van der Waals surface area contributed by atoms with Gasteiger partial charge in [0.25, 0.3) is 0 Å². The molecule has 3 rings (SSSR count). The predicted octanol–water partition coefficient (Wildman–Crippen LogP) is 4.26. The zero-order chi connectivity index (χ0) is 14.9. The molecule has 0 bridgehead atoms. The van der Waals surface area contributed by atoms with Crippen molar-refractivity contribution in [2.75, 3.05) is 18.1 Å². The lowest BCUT2D eigenvalue weighted by atomic mass is 9.65. The summed E-state index contributed by atoms with van der Waals surface area (Å²) in [5.41, 5.74) is -0.295. The molecule has 2 nitrogen and oxygen atoms in total. The maximum Gasteiger partial charge on any atom is 0.0784 e. The first-order valence-electron chi connectivity index (χ1n) is 8.95. The number of hydrogen-bond donors (Lipinski definition) is 1. The van der Waals surface area contributed by atoms with Crippen LogP contribution < -0.4 is 0 Å². The number of ether oxygens (including phenoxy) is 1. The summed E-state index contributed by atoms with van der Waals surface area (Å²) in [7, 11) is 0. The fourth-order valence-corrected chi connectivity index (χ4v) is 6.37. The summed E-state index contributed by atoms with van der Waals surface area (Å²) in [5, 5.41) is 11.4. The maximum absolute atomic E-state index is 11.4. The first-order chi connectivity index (χ1) is 10.0. The second kappa shape index (κ2) is 6.41. The van der Waals surface area contributed by atoms with E-state index >= 15 is 0 Å². The molecule has 0 aromatic rings. The van der Waals surface area contributed by atoms with Gasteiger partial charge in [0.15, 0.2) is 0 Å². The van der Waals surface area contributed by atoms with Gasteiger partial charge in [-0.25, -0.2) is 0 Å². The Balaban J connectivity index is 1.66. The Hall–Kier alpha value is 0.270. The van der Waals surface area contributed by atoms with Gasteiger partial charge in [-0.05, 0) is 62.0 Å². The number of thioether (sulfide) groups is 1. The molecule has 1 saturated carbocycles. The molecule has 1 spiro atoms. The molecular formula is C18H32O2S. The highest BCUT2D eigenvalue weighted by molar-refractivity contribution is 7.99. The Labute approximate surface area is 134 Å². The molecule has 0 amide bonds. The van der Waals surface area contributed by atoms with Crippen LogP contribution in [0.1, 0.15) is 65.2 Å². The van der Waals surface area contributed by atoms with Crippen molar-refractivity contribution >= 4 is 11.8 Å². The van der Waals surface area contributed by atoms with Gasteiger partial charge in [0, 0.05) is 12.4 Å². The van der Waals surface area contributed by atoms with Gasteiger partial charge in [0.1, 0.15) is 0 Å². The average Bonchev–Trinajstić information content (AvgIpc) is 2.86. The lowest BCUT2D eigenvalue weighted by molar-refractivity contribution is -0.148. The Bertz CT molecular complexity index is 351. The van der Waals surface area contributed by atoms with E-state index in [2.05, 4.69) is 13.8 Å². The minimum Gasteiger partial charge on any atom is -0.390 e. The first-order valence-corrected chi connectivity index (χ1v) is 10.1. The molecule has 1 aliphatic carbocycles. The molecule has 122 valence electrons. The normalized spacial score (nSPS) is 44.6. The SMILES string of the molecule is CC(C)CC1CCCC(O)(C2CCOC3(CCSC3)C2)C1. The van der Waals surface area contributed by atoms with E-state index < -0.39 is 5.60 Å². The van der Waals surface area contributed by atoms with E-state index in [4.69, 9.17) is 4.74 Å². The number of rotatable bonds is 3. The van der Waals surface area contributed by atoms with Crippen LogP contribution in [0.4, 0.5) is 0 Å². The smallest absolute Gasteiger partial charge is 0.0784 e. The van der Waals surface area contributed by atoms with Gasteiger partial charge in [-0.1, -0.05) is 26.7 Å². The van der Waals surface area contributed by atoms with Crippen LogP contribution in [-0.2, 0) is 4.74 Å². The Morgan fingerprint density at radius 2 is 2.10 bits per heavy atom. The summed E-state index contributed by atoms with van der Waals surface area (Å²) < 4.78 is 6.15. The third-order valence-electron chi connectivity index (χ3n) is 5.99. The molecule has 2 saturated heterocycles. The van der Waals surface area contributed by atoms with E-state index in [9.17, 15) is 5.11 Å². The molecule has 3 fully saturated rings. The first kappa shape index (κ1) is 16.1. The lowest BCUT2D eigenvalue weighted by Gasteiger charge is -2.48. The Kier molecular flexibility index (Phi) is 4.93. The third kappa shape index (κ3) is 3.61. The van der Waals surface area contributed by atoms with E-state index in [1.54, 1.807) is 0 Å². The summed E-state index contributed by atoms with van der Waals surface area (Å²) >= 11 is 2.03. The van der Waals surface area contributed by atoms with Crippen molar-refractivity contribution in [2.24, 2.45) is 17.8 Å². The van der Waals surface area contributed by atoms with Gasteiger partial charge in [-0.3, -0.25) is 0 Å². The van der Waals surface area contributed by atoms with E-state index in [0.29, 0.717) is 5.92 Å².